The molecule has 1 N–H and O–H groups in total. The molecule has 2 rings (SSSR count). The van der Waals surface area contributed by atoms with Gasteiger partial charge in [-0.15, -0.1) is 0 Å². The lowest BCUT2D eigenvalue weighted by Crippen LogP contribution is -2.33. The molecule has 0 aromatic rings. The first kappa shape index (κ1) is 10.1. The molecule has 0 spiro atoms. The lowest BCUT2D eigenvalue weighted by Gasteiger charge is -2.24. The first-order chi connectivity index (χ1) is 6.81. The highest BCUT2D eigenvalue weighted by molar-refractivity contribution is 4.96. The molecule has 2 heterocycles. The number of ether oxygens (including phenoxy) is 2. The summed E-state index contributed by atoms with van der Waals surface area (Å²) in [6.45, 7) is 2.79. The van der Waals surface area contributed by atoms with E-state index in [0.29, 0.717) is 0 Å². The molecule has 1 fully saturated rings. The van der Waals surface area contributed by atoms with Gasteiger partial charge in [0.15, 0.2) is 0 Å². The van der Waals surface area contributed by atoms with E-state index in [1.807, 2.05) is 6.92 Å². The van der Waals surface area contributed by atoms with Gasteiger partial charge < -0.3 is 14.6 Å². The molecule has 1 saturated heterocycles. The van der Waals surface area contributed by atoms with Gasteiger partial charge in [-0.2, -0.15) is 0 Å². The third-order valence-corrected chi connectivity index (χ3v) is 2.87. The van der Waals surface area contributed by atoms with Crippen LogP contribution in [0.1, 0.15) is 26.2 Å². The predicted molar refractivity (Wildman–Crippen MR) is 53.1 cm³/mol. The fourth-order valence-electron chi connectivity index (χ4n) is 1.82. The van der Waals surface area contributed by atoms with E-state index in [0.717, 1.165) is 25.9 Å². The Kier molecular flexibility index (Phi) is 3.21. The van der Waals surface area contributed by atoms with E-state index in [9.17, 15) is 5.11 Å². The van der Waals surface area contributed by atoms with Crippen molar-refractivity contribution in [1.82, 2.24) is 0 Å². The van der Waals surface area contributed by atoms with Crippen molar-refractivity contribution >= 4 is 0 Å². The summed E-state index contributed by atoms with van der Waals surface area (Å²) in [5, 5.41) is 9.73. The van der Waals surface area contributed by atoms with Gasteiger partial charge in [0.25, 0.3) is 0 Å². The Morgan fingerprint density at radius 1 is 1.36 bits per heavy atom. The van der Waals surface area contributed by atoms with E-state index in [2.05, 4.69) is 12.2 Å². The van der Waals surface area contributed by atoms with Crippen LogP contribution in [0.5, 0.6) is 0 Å². The van der Waals surface area contributed by atoms with E-state index < -0.39 is 0 Å². The molecule has 0 amide bonds. The maximum atomic E-state index is 9.73. The Morgan fingerprint density at radius 2 is 2.07 bits per heavy atom. The fraction of sp³-hybridized carbons (Fsp3) is 0.818. The SMILES string of the molecule is CCC(O)C1CC=CCC(C2CO2)O1. The summed E-state index contributed by atoms with van der Waals surface area (Å²) in [5.41, 5.74) is 0. The van der Waals surface area contributed by atoms with Gasteiger partial charge in [-0.3, -0.25) is 0 Å². The second-order valence-electron chi connectivity index (χ2n) is 4.00. The molecule has 0 aromatic heterocycles. The van der Waals surface area contributed by atoms with E-state index in [1.54, 1.807) is 0 Å². The number of epoxide rings is 1. The second kappa shape index (κ2) is 4.43. The fourth-order valence-corrected chi connectivity index (χ4v) is 1.82. The Labute approximate surface area is 84.7 Å². The molecular formula is C11H18O3. The zero-order valence-electron chi connectivity index (χ0n) is 8.56. The zero-order chi connectivity index (χ0) is 9.97. The standard InChI is InChI=1S/C11H18O3/c1-2-8(12)9-5-3-4-6-10(14-9)11-7-13-11/h3-4,8-12H,2,5-7H2,1H3. The molecule has 14 heavy (non-hydrogen) atoms. The molecule has 0 aromatic carbocycles. The van der Waals surface area contributed by atoms with Crippen LogP contribution in [0, 0.1) is 0 Å². The summed E-state index contributed by atoms with van der Waals surface area (Å²) in [6, 6.07) is 0. The van der Waals surface area contributed by atoms with Gasteiger partial charge in [-0.25, -0.2) is 0 Å². The van der Waals surface area contributed by atoms with Crippen LogP contribution in [-0.2, 0) is 9.47 Å². The first-order valence-corrected chi connectivity index (χ1v) is 5.41. The highest BCUT2D eigenvalue weighted by Gasteiger charge is 2.36. The topological polar surface area (TPSA) is 42.0 Å². The monoisotopic (exact) mass is 198 g/mol. The van der Waals surface area contributed by atoms with Crippen molar-refractivity contribution in [1.29, 1.82) is 0 Å². The minimum absolute atomic E-state index is 0.0482. The Balaban J connectivity index is 1.93. The van der Waals surface area contributed by atoms with Gasteiger partial charge in [-0.05, 0) is 19.3 Å². The van der Waals surface area contributed by atoms with E-state index in [-0.39, 0.29) is 24.4 Å². The summed E-state index contributed by atoms with van der Waals surface area (Å²) in [6.07, 6.45) is 6.74. The van der Waals surface area contributed by atoms with Gasteiger partial charge in [0.2, 0.25) is 0 Å². The number of aliphatic hydroxyl groups excluding tert-OH is 1. The van der Waals surface area contributed by atoms with Gasteiger partial charge >= 0.3 is 0 Å². The molecule has 80 valence electrons. The Bertz CT molecular complexity index is 211. The molecule has 3 nitrogen and oxygen atoms in total. The Morgan fingerprint density at radius 3 is 2.71 bits per heavy atom. The van der Waals surface area contributed by atoms with Crippen LogP contribution in [0.15, 0.2) is 12.2 Å². The lowest BCUT2D eigenvalue weighted by atomic mass is 10.1. The normalized spacial score (nSPS) is 39.1. The van der Waals surface area contributed by atoms with Crippen LogP contribution in [0.25, 0.3) is 0 Å². The summed E-state index contributed by atoms with van der Waals surface area (Å²) in [5.74, 6) is 0. The van der Waals surface area contributed by atoms with Crippen molar-refractivity contribution in [2.45, 2.75) is 50.6 Å². The Hall–Kier alpha value is -0.380. The third kappa shape index (κ3) is 2.35. The van der Waals surface area contributed by atoms with Crippen LogP contribution < -0.4 is 0 Å². The molecule has 3 heteroatoms. The molecule has 4 unspecified atom stereocenters. The van der Waals surface area contributed by atoms with Crippen LogP contribution in [-0.4, -0.2) is 36.1 Å². The molecule has 4 atom stereocenters. The van der Waals surface area contributed by atoms with Gasteiger partial charge in [0.05, 0.1) is 24.9 Å². The summed E-state index contributed by atoms with van der Waals surface area (Å²) in [7, 11) is 0. The molecule has 0 radical (unpaired) electrons. The molecule has 2 aliphatic heterocycles. The van der Waals surface area contributed by atoms with Crippen molar-refractivity contribution < 1.29 is 14.6 Å². The van der Waals surface area contributed by atoms with Crippen molar-refractivity contribution in [3.63, 3.8) is 0 Å². The highest BCUT2D eigenvalue weighted by atomic mass is 16.6. The quantitative estimate of drug-likeness (QED) is 0.548. The molecular weight excluding hydrogens is 180 g/mol. The predicted octanol–water partition coefficient (Wildman–Crippen LogP) is 1.26. The first-order valence-electron chi connectivity index (χ1n) is 5.41. The molecule has 0 aliphatic carbocycles. The maximum Gasteiger partial charge on any atom is 0.107 e. The average molecular weight is 198 g/mol. The van der Waals surface area contributed by atoms with E-state index in [4.69, 9.17) is 9.47 Å². The maximum absolute atomic E-state index is 9.73. The molecule has 0 bridgehead atoms. The number of aliphatic hydroxyl groups is 1. The minimum Gasteiger partial charge on any atom is -0.390 e. The van der Waals surface area contributed by atoms with E-state index in [1.165, 1.54) is 0 Å². The zero-order valence-corrected chi connectivity index (χ0v) is 8.56. The number of rotatable bonds is 3. The second-order valence-corrected chi connectivity index (χ2v) is 4.00. The highest BCUT2D eigenvalue weighted by Crippen LogP contribution is 2.26. The van der Waals surface area contributed by atoms with E-state index >= 15 is 0 Å². The van der Waals surface area contributed by atoms with Crippen LogP contribution in [0.3, 0.4) is 0 Å². The minimum atomic E-state index is -0.348. The smallest absolute Gasteiger partial charge is 0.107 e. The van der Waals surface area contributed by atoms with Crippen molar-refractivity contribution in [3.8, 4) is 0 Å². The van der Waals surface area contributed by atoms with Gasteiger partial charge in [0.1, 0.15) is 6.10 Å². The van der Waals surface area contributed by atoms with Crippen molar-refractivity contribution in [2.24, 2.45) is 0 Å². The number of hydrogen-bond acceptors (Lipinski definition) is 3. The molecule has 2 aliphatic rings. The van der Waals surface area contributed by atoms with Crippen molar-refractivity contribution in [3.05, 3.63) is 12.2 Å². The summed E-state index contributed by atoms with van der Waals surface area (Å²) >= 11 is 0. The lowest BCUT2D eigenvalue weighted by molar-refractivity contribution is -0.0793. The van der Waals surface area contributed by atoms with Crippen LogP contribution in [0.4, 0.5) is 0 Å². The average Bonchev–Trinajstić information content (AvgIpc) is 3.01. The van der Waals surface area contributed by atoms with Gasteiger partial charge in [0, 0.05) is 0 Å². The third-order valence-electron chi connectivity index (χ3n) is 2.87. The largest absolute Gasteiger partial charge is 0.390 e. The van der Waals surface area contributed by atoms with Gasteiger partial charge in [-0.1, -0.05) is 19.1 Å². The summed E-state index contributed by atoms with van der Waals surface area (Å²) in [4.78, 5) is 0. The number of hydrogen-bond donors (Lipinski definition) is 1. The van der Waals surface area contributed by atoms with Crippen molar-refractivity contribution in [2.75, 3.05) is 6.61 Å². The van der Waals surface area contributed by atoms with Crippen LogP contribution >= 0.6 is 0 Å². The molecule has 0 saturated carbocycles. The summed E-state index contributed by atoms with van der Waals surface area (Å²) < 4.78 is 11.1. The van der Waals surface area contributed by atoms with Crippen LogP contribution in [0.2, 0.25) is 0 Å².